The summed E-state index contributed by atoms with van der Waals surface area (Å²) in [5.74, 6) is 0. The molecule has 0 bridgehead atoms. The maximum absolute atomic E-state index is 11.4. The Kier molecular flexibility index (Phi) is 5.74. The third kappa shape index (κ3) is 5.69. The number of benzene rings is 1. The molecule has 3 N–H and O–H groups in total. The maximum Gasteiger partial charge on any atom is 0.421 e. The third-order valence-electron chi connectivity index (χ3n) is 2.16. The fourth-order valence-corrected chi connectivity index (χ4v) is 1.95. The number of rotatable bonds is 6. The van der Waals surface area contributed by atoms with Crippen molar-refractivity contribution >= 4 is 16.3 Å². The van der Waals surface area contributed by atoms with Crippen LogP contribution in [0.1, 0.15) is 18.1 Å². The van der Waals surface area contributed by atoms with Gasteiger partial charge < -0.3 is 9.84 Å². The summed E-state index contributed by atoms with van der Waals surface area (Å²) in [5, 5.41) is 8.86. The van der Waals surface area contributed by atoms with Crippen LogP contribution in [-0.2, 0) is 28.1 Å². The zero-order valence-corrected chi connectivity index (χ0v) is 11.2. The van der Waals surface area contributed by atoms with Crippen LogP contribution in [0.4, 0.5) is 4.79 Å². The van der Waals surface area contributed by atoms with Gasteiger partial charge in [-0.2, -0.15) is 13.1 Å². The Morgan fingerprint density at radius 2 is 1.84 bits per heavy atom. The SMILES string of the molecule is CCOC(=O)NS(=O)(=O)NCc1ccc(CO)cc1. The van der Waals surface area contributed by atoms with Gasteiger partial charge in [-0.25, -0.2) is 9.52 Å². The van der Waals surface area contributed by atoms with Gasteiger partial charge in [-0.1, -0.05) is 24.3 Å². The minimum atomic E-state index is -3.94. The largest absolute Gasteiger partial charge is 0.449 e. The van der Waals surface area contributed by atoms with Crippen LogP contribution in [0.2, 0.25) is 0 Å². The van der Waals surface area contributed by atoms with Crippen LogP contribution in [0.25, 0.3) is 0 Å². The van der Waals surface area contributed by atoms with Crippen molar-refractivity contribution < 1.29 is 23.1 Å². The molecule has 8 heteroatoms. The zero-order valence-electron chi connectivity index (χ0n) is 10.4. The lowest BCUT2D eigenvalue weighted by molar-refractivity contribution is 0.158. The molecule has 7 nitrogen and oxygen atoms in total. The Labute approximate surface area is 111 Å². The smallest absolute Gasteiger partial charge is 0.421 e. The molecule has 0 aliphatic heterocycles. The van der Waals surface area contributed by atoms with Crippen LogP contribution < -0.4 is 9.44 Å². The number of carbonyl (C=O) groups excluding carboxylic acids is 1. The molecule has 0 spiro atoms. The quantitative estimate of drug-likeness (QED) is 0.696. The normalized spacial score (nSPS) is 11.1. The summed E-state index contributed by atoms with van der Waals surface area (Å²) in [6.45, 7) is 1.61. The fourth-order valence-electron chi connectivity index (χ4n) is 1.25. The Morgan fingerprint density at radius 3 is 2.37 bits per heavy atom. The topological polar surface area (TPSA) is 105 Å². The van der Waals surface area contributed by atoms with E-state index in [4.69, 9.17) is 5.11 Å². The van der Waals surface area contributed by atoms with Crippen LogP contribution in [0.5, 0.6) is 0 Å². The summed E-state index contributed by atoms with van der Waals surface area (Å²) < 4.78 is 31.3. The maximum atomic E-state index is 11.4. The molecule has 0 aliphatic carbocycles. The van der Waals surface area contributed by atoms with E-state index < -0.39 is 16.3 Å². The van der Waals surface area contributed by atoms with Gasteiger partial charge in [-0.05, 0) is 18.1 Å². The molecule has 0 fully saturated rings. The molecule has 106 valence electrons. The lowest BCUT2D eigenvalue weighted by Crippen LogP contribution is -2.40. The summed E-state index contributed by atoms with van der Waals surface area (Å²) >= 11 is 0. The molecule has 0 aromatic heterocycles. The van der Waals surface area contributed by atoms with Gasteiger partial charge in [0.15, 0.2) is 0 Å². The van der Waals surface area contributed by atoms with Gasteiger partial charge in [0.2, 0.25) is 0 Å². The van der Waals surface area contributed by atoms with Gasteiger partial charge in [-0.3, -0.25) is 0 Å². The van der Waals surface area contributed by atoms with Crippen LogP contribution in [0.15, 0.2) is 24.3 Å². The predicted octanol–water partition coefficient (Wildman–Crippen LogP) is 0.259. The standard InChI is InChI=1S/C11H16N2O5S/c1-2-18-11(15)13-19(16,17)12-7-9-3-5-10(8-14)6-4-9/h3-6,12,14H,2,7-8H2,1H3,(H,13,15). The average molecular weight is 288 g/mol. The van der Waals surface area contributed by atoms with Crippen molar-refractivity contribution in [1.29, 1.82) is 0 Å². The summed E-state index contributed by atoms with van der Waals surface area (Å²) in [5.41, 5.74) is 1.43. The lowest BCUT2D eigenvalue weighted by atomic mass is 10.1. The van der Waals surface area contributed by atoms with E-state index in [2.05, 4.69) is 9.46 Å². The minimum Gasteiger partial charge on any atom is -0.449 e. The first-order valence-corrected chi connectivity index (χ1v) is 7.08. The van der Waals surface area contributed by atoms with Crippen molar-refractivity contribution in [3.05, 3.63) is 35.4 Å². The highest BCUT2D eigenvalue weighted by molar-refractivity contribution is 7.88. The predicted molar refractivity (Wildman–Crippen MR) is 68.3 cm³/mol. The highest BCUT2D eigenvalue weighted by Gasteiger charge is 2.14. The van der Waals surface area contributed by atoms with Gasteiger partial charge in [0, 0.05) is 6.54 Å². The lowest BCUT2D eigenvalue weighted by Gasteiger charge is -2.08. The molecule has 1 aromatic rings. The first kappa shape index (κ1) is 15.4. The summed E-state index contributed by atoms with van der Waals surface area (Å²) in [6.07, 6.45) is -1.02. The molecule has 0 heterocycles. The average Bonchev–Trinajstić information content (AvgIpc) is 2.37. The molecule has 0 saturated carbocycles. The van der Waals surface area contributed by atoms with Crippen molar-refractivity contribution in [2.45, 2.75) is 20.1 Å². The molecule has 1 aromatic carbocycles. The first-order valence-electron chi connectivity index (χ1n) is 5.59. The number of nitrogens with one attached hydrogen (secondary N) is 2. The first-order chi connectivity index (χ1) is 8.96. The summed E-state index contributed by atoms with van der Waals surface area (Å²) in [6, 6.07) is 6.72. The molecule has 0 unspecified atom stereocenters. The summed E-state index contributed by atoms with van der Waals surface area (Å²) in [7, 11) is -3.94. The molecule has 0 radical (unpaired) electrons. The van der Waals surface area contributed by atoms with E-state index in [1.165, 1.54) is 0 Å². The van der Waals surface area contributed by atoms with Crippen molar-refractivity contribution in [3.8, 4) is 0 Å². The highest BCUT2D eigenvalue weighted by Crippen LogP contribution is 2.04. The second kappa shape index (κ2) is 7.07. The van der Waals surface area contributed by atoms with Gasteiger partial charge in [0.05, 0.1) is 13.2 Å². The van der Waals surface area contributed by atoms with E-state index in [0.717, 1.165) is 5.56 Å². The van der Waals surface area contributed by atoms with E-state index in [1.54, 1.807) is 35.9 Å². The monoisotopic (exact) mass is 288 g/mol. The summed E-state index contributed by atoms with van der Waals surface area (Å²) in [4.78, 5) is 11.0. The van der Waals surface area contributed by atoms with Crippen LogP contribution in [-0.4, -0.2) is 26.2 Å². The Morgan fingerprint density at radius 1 is 1.26 bits per heavy atom. The molecule has 1 rings (SSSR count). The number of hydrogen-bond acceptors (Lipinski definition) is 5. The minimum absolute atomic E-state index is 0.0282. The molecule has 1 amide bonds. The number of hydrogen-bond donors (Lipinski definition) is 3. The molecular formula is C11H16N2O5S. The molecular weight excluding hydrogens is 272 g/mol. The third-order valence-corrected chi connectivity index (χ3v) is 3.12. The van der Waals surface area contributed by atoms with Gasteiger partial charge >= 0.3 is 16.3 Å². The van der Waals surface area contributed by atoms with Crippen LogP contribution >= 0.6 is 0 Å². The van der Waals surface area contributed by atoms with Gasteiger partial charge in [-0.15, -0.1) is 0 Å². The zero-order chi connectivity index (χ0) is 14.3. The van der Waals surface area contributed by atoms with Crippen LogP contribution in [0.3, 0.4) is 0 Å². The van der Waals surface area contributed by atoms with E-state index in [9.17, 15) is 13.2 Å². The van der Waals surface area contributed by atoms with Crippen molar-refractivity contribution in [2.24, 2.45) is 0 Å². The molecule has 0 atom stereocenters. The number of aliphatic hydroxyl groups is 1. The fraction of sp³-hybridized carbons (Fsp3) is 0.364. The van der Waals surface area contributed by atoms with E-state index >= 15 is 0 Å². The molecule has 0 aliphatic rings. The van der Waals surface area contributed by atoms with Crippen molar-refractivity contribution in [3.63, 3.8) is 0 Å². The van der Waals surface area contributed by atoms with Gasteiger partial charge in [0.25, 0.3) is 0 Å². The Bertz CT molecular complexity index is 512. The Hall–Kier alpha value is -1.64. The van der Waals surface area contributed by atoms with Crippen molar-refractivity contribution in [2.75, 3.05) is 6.61 Å². The molecule has 19 heavy (non-hydrogen) atoms. The van der Waals surface area contributed by atoms with Gasteiger partial charge in [0.1, 0.15) is 0 Å². The van der Waals surface area contributed by atoms with Crippen LogP contribution in [0, 0.1) is 0 Å². The number of carbonyl (C=O) groups is 1. The number of ether oxygens (including phenoxy) is 1. The second-order valence-electron chi connectivity index (χ2n) is 3.62. The Balaban J connectivity index is 2.52. The van der Waals surface area contributed by atoms with E-state index in [1.807, 2.05) is 0 Å². The number of aliphatic hydroxyl groups excluding tert-OH is 1. The highest BCUT2D eigenvalue weighted by atomic mass is 32.2. The van der Waals surface area contributed by atoms with E-state index in [-0.39, 0.29) is 19.8 Å². The molecule has 0 saturated heterocycles. The van der Waals surface area contributed by atoms with E-state index in [0.29, 0.717) is 5.56 Å². The number of amides is 1. The second-order valence-corrected chi connectivity index (χ2v) is 5.12. The van der Waals surface area contributed by atoms with Crippen molar-refractivity contribution in [1.82, 2.24) is 9.44 Å².